The number of anilines is 1. The Hall–Kier alpha value is -2.72. The molecule has 2 aromatic heterocycles. The lowest BCUT2D eigenvalue weighted by Crippen LogP contribution is -2.56. The van der Waals surface area contributed by atoms with Crippen molar-refractivity contribution < 1.29 is 0 Å². The number of hydrogen-bond acceptors (Lipinski definition) is 6. The molecule has 0 saturated carbocycles. The first-order chi connectivity index (χ1) is 11.9. The Labute approximate surface area is 146 Å². The van der Waals surface area contributed by atoms with Crippen LogP contribution in [0.15, 0.2) is 29.3 Å². The maximum absolute atomic E-state index is 12.4. The van der Waals surface area contributed by atoms with E-state index in [1.165, 1.54) is 0 Å². The molecule has 1 aliphatic heterocycles. The van der Waals surface area contributed by atoms with Gasteiger partial charge >= 0.3 is 0 Å². The number of rotatable bonds is 2. The minimum Gasteiger partial charge on any atom is -0.352 e. The molecule has 2 N–H and O–H groups in total. The van der Waals surface area contributed by atoms with Crippen molar-refractivity contribution in [3.63, 3.8) is 0 Å². The Balaban J connectivity index is 2.04. The van der Waals surface area contributed by atoms with Gasteiger partial charge in [0.1, 0.15) is 11.9 Å². The van der Waals surface area contributed by atoms with Gasteiger partial charge in [-0.25, -0.2) is 4.98 Å². The van der Waals surface area contributed by atoms with E-state index in [4.69, 9.17) is 0 Å². The number of aromatic amines is 1. The number of piperazine rings is 1. The molecule has 0 amide bonds. The zero-order chi connectivity index (χ0) is 18.0. The van der Waals surface area contributed by atoms with E-state index >= 15 is 0 Å². The molecule has 3 heterocycles. The zero-order valence-corrected chi connectivity index (χ0v) is 14.7. The Morgan fingerprint density at radius 3 is 2.68 bits per heavy atom. The first-order valence-corrected chi connectivity index (χ1v) is 8.33. The summed E-state index contributed by atoms with van der Waals surface area (Å²) in [7, 11) is 0. The van der Waals surface area contributed by atoms with Crippen molar-refractivity contribution >= 4 is 5.82 Å². The summed E-state index contributed by atoms with van der Waals surface area (Å²) in [5.41, 5.74) is 0.485. The van der Waals surface area contributed by atoms with E-state index in [1.54, 1.807) is 24.5 Å². The highest BCUT2D eigenvalue weighted by atomic mass is 16.1. The summed E-state index contributed by atoms with van der Waals surface area (Å²) < 4.78 is 0. The van der Waals surface area contributed by atoms with Gasteiger partial charge in [-0.3, -0.25) is 9.78 Å². The van der Waals surface area contributed by atoms with Gasteiger partial charge in [-0.1, -0.05) is 20.8 Å². The monoisotopic (exact) mass is 338 g/mol. The molecule has 0 aromatic carbocycles. The molecule has 0 spiro atoms. The summed E-state index contributed by atoms with van der Waals surface area (Å²) in [6.07, 6.45) is 3.29. The fraction of sp³-hybridized carbons (Fsp3) is 0.444. The highest BCUT2D eigenvalue weighted by Crippen LogP contribution is 2.26. The second-order valence-electron chi connectivity index (χ2n) is 7.28. The SMILES string of the molecule is CC(C)(C)[C@H]1CN(c2nc(-c3ccncc3)[nH]c(=O)c2C#N)CCN1. The first kappa shape index (κ1) is 17.1. The van der Waals surface area contributed by atoms with Crippen LogP contribution in [0.4, 0.5) is 5.82 Å². The van der Waals surface area contributed by atoms with E-state index in [1.807, 2.05) is 11.0 Å². The van der Waals surface area contributed by atoms with E-state index < -0.39 is 5.56 Å². The molecule has 0 bridgehead atoms. The minimum absolute atomic E-state index is 0.0624. The van der Waals surface area contributed by atoms with Crippen molar-refractivity contribution in [3.8, 4) is 17.5 Å². The predicted molar refractivity (Wildman–Crippen MR) is 96.3 cm³/mol. The molecule has 25 heavy (non-hydrogen) atoms. The molecule has 1 atom stereocenters. The summed E-state index contributed by atoms with van der Waals surface area (Å²) in [4.78, 5) is 25.7. The van der Waals surface area contributed by atoms with Gasteiger partial charge in [0, 0.05) is 43.6 Å². The van der Waals surface area contributed by atoms with Gasteiger partial charge < -0.3 is 15.2 Å². The van der Waals surface area contributed by atoms with Crippen LogP contribution in [0.25, 0.3) is 11.4 Å². The van der Waals surface area contributed by atoms with Crippen LogP contribution in [0.2, 0.25) is 0 Å². The maximum atomic E-state index is 12.4. The summed E-state index contributed by atoms with van der Waals surface area (Å²) in [6.45, 7) is 8.71. The van der Waals surface area contributed by atoms with Crippen LogP contribution >= 0.6 is 0 Å². The smallest absolute Gasteiger partial charge is 0.271 e. The van der Waals surface area contributed by atoms with E-state index in [-0.39, 0.29) is 17.0 Å². The van der Waals surface area contributed by atoms with Crippen molar-refractivity contribution in [2.75, 3.05) is 24.5 Å². The van der Waals surface area contributed by atoms with Crippen LogP contribution in [-0.4, -0.2) is 40.6 Å². The summed E-state index contributed by atoms with van der Waals surface area (Å²) >= 11 is 0. The fourth-order valence-electron chi connectivity index (χ4n) is 2.96. The summed E-state index contributed by atoms with van der Waals surface area (Å²) in [6, 6.07) is 5.82. The van der Waals surface area contributed by atoms with Crippen molar-refractivity contribution in [1.29, 1.82) is 5.26 Å². The van der Waals surface area contributed by atoms with Crippen molar-refractivity contribution in [1.82, 2.24) is 20.3 Å². The zero-order valence-electron chi connectivity index (χ0n) is 14.7. The largest absolute Gasteiger partial charge is 0.352 e. The molecule has 2 aromatic rings. The molecule has 0 unspecified atom stereocenters. The minimum atomic E-state index is -0.412. The molecular formula is C18H22N6O. The fourth-order valence-corrected chi connectivity index (χ4v) is 2.96. The van der Waals surface area contributed by atoms with Gasteiger partial charge in [0.15, 0.2) is 11.4 Å². The number of nitrogens with one attached hydrogen (secondary N) is 2. The third-order valence-corrected chi connectivity index (χ3v) is 4.49. The lowest BCUT2D eigenvalue weighted by Gasteiger charge is -2.41. The van der Waals surface area contributed by atoms with Crippen LogP contribution in [0.5, 0.6) is 0 Å². The summed E-state index contributed by atoms with van der Waals surface area (Å²) in [5.74, 6) is 0.904. The molecule has 7 heteroatoms. The summed E-state index contributed by atoms with van der Waals surface area (Å²) in [5, 5.41) is 13.0. The van der Waals surface area contributed by atoms with Crippen molar-refractivity contribution in [3.05, 3.63) is 40.4 Å². The second kappa shape index (κ2) is 6.65. The molecular weight excluding hydrogens is 316 g/mol. The number of nitriles is 1. The van der Waals surface area contributed by atoms with E-state index in [0.29, 0.717) is 24.7 Å². The molecule has 1 aliphatic rings. The van der Waals surface area contributed by atoms with Crippen LogP contribution in [-0.2, 0) is 0 Å². The van der Waals surface area contributed by atoms with E-state index in [9.17, 15) is 10.1 Å². The van der Waals surface area contributed by atoms with Crippen LogP contribution in [0, 0.1) is 16.7 Å². The normalized spacial score (nSPS) is 18.0. The number of pyridine rings is 1. The highest BCUT2D eigenvalue weighted by Gasteiger charge is 2.31. The third kappa shape index (κ3) is 3.54. The number of hydrogen-bond donors (Lipinski definition) is 2. The molecule has 3 rings (SSSR count). The average molecular weight is 338 g/mol. The highest BCUT2D eigenvalue weighted by molar-refractivity contribution is 5.61. The van der Waals surface area contributed by atoms with Gasteiger partial charge in [0.25, 0.3) is 5.56 Å². The Morgan fingerprint density at radius 1 is 1.32 bits per heavy atom. The second-order valence-corrected chi connectivity index (χ2v) is 7.28. The number of H-pyrrole nitrogens is 1. The van der Waals surface area contributed by atoms with Crippen LogP contribution in [0.3, 0.4) is 0 Å². The standard InChI is InChI=1S/C18H22N6O/c1-18(2,3)14-11-24(9-8-21-14)16-13(10-19)17(25)23-15(22-16)12-4-6-20-7-5-12/h4-7,14,21H,8-9,11H2,1-3H3,(H,22,23,25)/t14-/m1/s1. The molecule has 0 radical (unpaired) electrons. The van der Waals surface area contributed by atoms with Gasteiger partial charge in [0.05, 0.1) is 0 Å². The molecule has 0 aliphatic carbocycles. The lowest BCUT2D eigenvalue weighted by molar-refractivity contribution is 0.253. The Morgan fingerprint density at radius 2 is 2.04 bits per heavy atom. The first-order valence-electron chi connectivity index (χ1n) is 8.33. The van der Waals surface area contributed by atoms with E-state index in [0.717, 1.165) is 12.1 Å². The van der Waals surface area contributed by atoms with Gasteiger partial charge in [-0.05, 0) is 17.5 Å². The maximum Gasteiger partial charge on any atom is 0.271 e. The number of aromatic nitrogens is 3. The molecule has 1 fully saturated rings. The predicted octanol–water partition coefficient (Wildman–Crippen LogP) is 1.53. The third-order valence-electron chi connectivity index (χ3n) is 4.49. The van der Waals surface area contributed by atoms with Gasteiger partial charge in [-0.2, -0.15) is 5.26 Å². The molecule has 7 nitrogen and oxygen atoms in total. The van der Waals surface area contributed by atoms with Crippen molar-refractivity contribution in [2.24, 2.45) is 5.41 Å². The topological polar surface area (TPSA) is 97.7 Å². The Bertz CT molecular complexity index is 847. The van der Waals surface area contributed by atoms with Crippen molar-refractivity contribution in [2.45, 2.75) is 26.8 Å². The average Bonchev–Trinajstić information content (AvgIpc) is 2.61. The molecule has 1 saturated heterocycles. The van der Waals surface area contributed by atoms with Crippen LogP contribution in [0.1, 0.15) is 26.3 Å². The lowest BCUT2D eigenvalue weighted by atomic mass is 9.85. The Kier molecular flexibility index (Phi) is 4.55. The van der Waals surface area contributed by atoms with Crippen LogP contribution < -0.4 is 15.8 Å². The quantitative estimate of drug-likeness (QED) is 0.862. The number of nitrogens with zero attached hydrogens (tertiary/aromatic N) is 4. The molecule has 130 valence electrons. The van der Waals surface area contributed by atoms with Gasteiger partial charge in [0.2, 0.25) is 0 Å². The van der Waals surface area contributed by atoms with E-state index in [2.05, 4.69) is 41.0 Å². The van der Waals surface area contributed by atoms with Gasteiger partial charge in [-0.15, -0.1) is 0 Å².